The third kappa shape index (κ3) is 3.98. The fourth-order valence-corrected chi connectivity index (χ4v) is 2.84. The van der Waals surface area contributed by atoms with E-state index in [0.717, 1.165) is 25.4 Å². The molecule has 0 amide bonds. The zero-order valence-electron chi connectivity index (χ0n) is 11.5. The predicted molar refractivity (Wildman–Crippen MR) is 70.1 cm³/mol. The fourth-order valence-electron chi connectivity index (χ4n) is 2.84. The average molecular weight is 241 g/mol. The molecule has 0 bridgehead atoms. The van der Waals surface area contributed by atoms with Crippen molar-refractivity contribution in [3.8, 4) is 0 Å². The second kappa shape index (κ2) is 7.00. The molecule has 17 heavy (non-hydrogen) atoms. The van der Waals surface area contributed by atoms with Crippen LogP contribution in [-0.2, 0) is 4.79 Å². The molecule has 0 radical (unpaired) electrons. The molecule has 3 heteroatoms. The first-order valence-electron chi connectivity index (χ1n) is 7.06. The van der Waals surface area contributed by atoms with E-state index < -0.39 is 5.97 Å². The summed E-state index contributed by atoms with van der Waals surface area (Å²) >= 11 is 0. The lowest BCUT2D eigenvalue weighted by molar-refractivity contribution is -0.142. The first kappa shape index (κ1) is 14.5. The number of hydrogen-bond donors (Lipinski definition) is 1. The van der Waals surface area contributed by atoms with Gasteiger partial charge in [-0.2, -0.15) is 0 Å². The molecule has 0 aromatic carbocycles. The van der Waals surface area contributed by atoms with E-state index in [9.17, 15) is 4.79 Å². The van der Waals surface area contributed by atoms with Crippen LogP contribution in [0.1, 0.15) is 52.9 Å². The van der Waals surface area contributed by atoms with Crippen LogP contribution in [0.5, 0.6) is 0 Å². The summed E-state index contributed by atoms with van der Waals surface area (Å²) in [6.07, 6.45) is 5.86. The van der Waals surface area contributed by atoms with Crippen molar-refractivity contribution in [3.05, 3.63) is 0 Å². The summed E-state index contributed by atoms with van der Waals surface area (Å²) in [5.41, 5.74) is 0. The highest BCUT2D eigenvalue weighted by Gasteiger charge is 2.35. The van der Waals surface area contributed by atoms with Crippen molar-refractivity contribution in [1.82, 2.24) is 4.90 Å². The first-order chi connectivity index (χ1) is 8.10. The van der Waals surface area contributed by atoms with Crippen LogP contribution in [0.3, 0.4) is 0 Å². The Morgan fingerprint density at radius 2 is 2.18 bits per heavy atom. The Bertz CT molecular complexity index is 242. The topological polar surface area (TPSA) is 40.5 Å². The second-order valence-corrected chi connectivity index (χ2v) is 5.39. The summed E-state index contributed by atoms with van der Waals surface area (Å²) in [6.45, 7) is 8.59. The zero-order chi connectivity index (χ0) is 12.8. The Balaban J connectivity index is 2.43. The maximum atomic E-state index is 11.1. The Morgan fingerprint density at radius 3 is 2.65 bits per heavy atom. The molecule has 0 aromatic rings. The van der Waals surface area contributed by atoms with E-state index >= 15 is 0 Å². The molecule has 3 nitrogen and oxygen atoms in total. The van der Waals surface area contributed by atoms with Crippen LogP contribution < -0.4 is 0 Å². The SMILES string of the molecule is CCCCC(CC)CN1CCC(C(=O)O)C1C. The van der Waals surface area contributed by atoms with Crippen LogP contribution in [0.4, 0.5) is 0 Å². The molecule has 1 rings (SSSR count). The first-order valence-corrected chi connectivity index (χ1v) is 7.06. The molecule has 0 saturated carbocycles. The van der Waals surface area contributed by atoms with E-state index in [2.05, 4.69) is 25.7 Å². The van der Waals surface area contributed by atoms with Gasteiger partial charge in [-0.1, -0.05) is 33.1 Å². The summed E-state index contributed by atoms with van der Waals surface area (Å²) in [5, 5.41) is 9.11. The van der Waals surface area contributed by atoms with Crippen LogP contribution in [-0.4, -0.2) is 35.1 Å². The van der Waals surface area contributed by atoms with Gasteiger partial charge in [0.15, 0.2) is 0 Å². The Morgan fingerprint density at radius 1 is 1.47 bits per heavy atom. The van der Waals surface area contributed by atoms with Gasteiger partial charge in [-0.05, 0) is 32.2 Å². The Hall–Kier alpha value is -0.570. The normalized spacial score (nSPS) is 27.2. The summed E-state index contributed by atoms with van der Waals surface area (Å²) < 4.78 is 0. The average Bonchev–Trinajstić information content (AvgIpc) is 2.66. The van der Waals surface area contributed by atoms with Gasteiger partial charge in [0.25, 0.3) is 0 Å². The van der Waals surface area contributed by atoms with Gasteiger partial charge in [-0.3, -0.25) is 9.69 Å². The summed E-state index contributed by atoms with van der Waals surface area (Å²) in [7, 11) is 0. The number of nitrogens with zero attached hydrogens (tertiary/aromatic N) is 1. The van der Waals surface area contributed by atoms with Gasteiger partial charge in [0.05, 0.1) is 5.92 Å². The molecule has 1 N–H and O–H groups in total. The molecule has 3 unspecified atom stereocenters. The minimum Gasteiger partial charge on any atom is -0.481 e. The van der Waals surface area contributed by atoms with Gasteiger partial charge < -0.3 is 5.11 Å². The van der Waals surface area contributed by atoms with Crippen LogP contribution in [0.25, 0.3) is 0 Å². The van der Waals surface area contributed by atoms with E-state index in [1.807, 2.05) is 0 Å². The van der Waals surface area contributed by atoms with E-state index in [-0.39, 0.29) is 12.0 Å². The van der Waals surface area contributed by atoms with Crippen LogP contribution >= 0.6 is 0 Å². The van der Waals surface area contributed by atoms with Gasteiger partial charge in [0, 0.05) is 12.6 Å². The van der Waals surface area contributed by atoms with E-state index in [4.69, 9.17) is 5.11 Å². The van der Waals surface area contributed by atoms with Crippen LogP contribution in [0.15, 0.2) is 0 Å². The summed E-state index contributed by atoms with van der Waals surface area (Å²) in [6, 6.07) is 0.211. The smallest absolute Gasteiger partial charge is 0.308 e. The molecule has 1 aliphatic heterocycles. The molecule has 1 saturated heterocycles. The third-order valence-electron chi connectivity index (χ3n) is 4.24. The number of carboxylic acids is 1. The Labute approximate surface area is 105 Å². The van der Waals surface area contributed by atoms with Crippen molar-refractivity contribution in [1.29, 1.82) is 0 Å². The maximum absolute atomic E-state index is 11.1. The number of likely N-dealkylation sites (tertiary alicyclic amines) is 1. The highest BCUT2D eigenvalue weighted by Crippen LogP contribution is 2.26. The van der Waals surface area contributed by atoms with Crippen LogP contribution in [0, 0.1) is 11.8 Å². The molecule has 1 aliphatic rings. The van der Waals surface area contributed by atoms with Crippen molar-refractivity contribution >= 4 is 5.97 Å². The number of carboxylic acid groups (broad SMARTS) is 1. The standard InChI is InChI=1S/C14H27NO2/c1-4-6-7-12(5-2)10-15-9-8-13(11(15)3)14(16)17/h11-13H,4-10H2,1-3H3,(H,16,17). The van der Waals surface area contributed by atoms with Gasteiger partial charge in [-0.25, -0.2) is 0 Å². The molecule has 1 fully saturated rings. The second-order valence-electron chi connectivity index (χ2n) is 5.39. The molecule has 100 valence electrons. The minimum absolute atomic E-state index is 0.154. The fraction of sp³-hybridized carbons (Fsp3) is 0.929. The predicted octanol–water partition coefficient (Wildman–Crippen LogP) is 3.00. The Kier molecular flexibility index (Phi) is 5.96. The minimum atomic E-state index is -0.624. The van der Waals surface area contributed by atoms with Gasteiger partial charge in [-0.15, -0.1) is 0 Å². The van der Waals surface area contributed by atoms with E-state index in [0.29, 0.717) is 0 Å². The van der Waals surface area contributed by atoms with E-state index in [1.165, 1.54) is 25.7 Å². The number of aliphatic carboxylic acids is 1. The lowest BCUT2D eigenvalue weighted by atomic mass is 9.97. The molecule has 0 aromatic heterocycles. The lowest BCUT2D eigenvalue weighted by Gasteiger charge is -2.27. The molecule has 0 aliphatic carbocycles. The highest BCUT2D eigenvalue weighted by molar-refractivity contribution is 5.71. The number of carbonyl (C=O) groups is 1. The van der Waals surface area contributed by atoms with Crippen molar-refractivity contribution in [2.75, 3.05) is 13.1 Å². The maximum Gasteiger partial charge on any atom is 0.308 e. The highest BCUT2D eigenvalue weighted by atomic mass is 16.4. The summed E-state index contributed by atoms with van der Waals surface area (Å²) in [5.74, 6) is -0.0368. The van der Waals surface area contributed by atoms with Crippen molar-refractivity contribution < 1.29 is 9.90 Å². The summed E-state index contributed by atoms with van der Waals surface area (Å²) in [4.78, 5) is 13.4. The molecular formula is C14H27NO2. The van der Waals surface area contributed by atoms with Crippen molar-refractivity contribution in [3.63, 3.8) is 0 Å². The van der Waals surface area contributed by atoms with Gasteiger partial charge >= 0.3 is 5.97 Å². The van der Waals surface area contributed by atoms with Gasteiger partial charge in [0.1, 0.15) is 0 Å². The van der Waals surface area contributed by atoms with E-state index in [1.54, 1.807) is 0 Å². The van der Waals surface area contributed by atoms with Crippen molar-refractivity contribution in [2.45, 2.75) is 58.9 Å². The molecule has 3 atom stereocenters. The quantitative estimate of drug-likeness (QED) is 0.745. The molecular weight excluding hydrogens is 214 g/mol. The zero-order valence-corrected chi connectivity index (χ0v) is 11.5. The largest absolute Gasteiger partial charge is 0.481 e. The monoisotopic (exact) mass is 241 g/mol. The van der Waals surface area contributed by atoms with Crippen molar-refractivity contribution in [2.24, 2.45) is 11.8 Å². The number of unbranched alkanes of at least 4 members (excludes halogenated alkanes) is 1. The lowest BCUT2D eigenvalue weighted by Crippen LogP contribution is -2.36. The number of hydrogen-bond acceptors (Lipinski definition) is 2. The van der Waals surface area contributed by atoms with Gasteiger partial charge in [0.2, 0.25) is 0 Å². The molecule has 0 spiro atoms. The number of rotatable bonds is 7. The molecule has 1 heterocycles. The third-order valence-corrected chi connectivity index (χ3v) is 4.24. The van der Waals surface area contributed by atoms with Crippen LogP contribution in [0.2, 0.25) is 0 Å².